The maximum absolute atomic E-state index is 13.3. The molecule has 0 saturated heterocycles. The van der Waals surface area contributed by atoms with Crippen LogP contribution in [0.4, 0.5) is 5.69 Å². The van der Waals surface area contributed by atoms with Gasteiger partial charge in [0.15, 0.2) is 5.78 Å². The number of carbonyl (C=O) groups is 3. The molecule has 2 N–H and O–H groups in total. The first-order valence-electron chi connectivity index (χ1n) is 13.3. The van der Waals surface area contributed by atoms with Crippen molar-refractivity contribution in [3.63, 3.8) is 0 Å². The summed E-state index contributed by atoms with van der Waals surface area (Å²) in [7, 11) is 0. The molecule has 0 aliphatic rings. The first-order valence-corrected chi connectivity index (χ1v) is 14.2. The van der Waals surface area contributed by atoms with E-state index in [1.54, 1.807) is 67.0 Å². The number of nitrogens with zero attached hydrogens (tertiary/aromatic N) is 1. The fourth-order valence-electron chi connectivity index (χ4n) is 4.14. The lowest BCUT2D eigenvalue weighted by atomic mass is 10.0. The van der Waals surface area contributed by atoms with E-state index in [1.807, 2.05) is 72.8 Å². The largest absolute Gasteiger partial charge is 0.321 e. The van der Waals surface area contributed by atoms with Gasteiger partial charge in [-0.05, 0) is 59.2 Å². The van der Waals surface area contributed by atoms with E-state index in [0.29, 0.717) is 22.4 Å². The number of aromatic nitrogens is 1. The summed E-state index contributed by atoms with van der Waals surface area (Å²) in [6.07, 6.45) is 4.81. The second-order valence-corrected chi connectivity index (χ2v) is 10.4. The molecule has 0 fully saturated rings. The summed E-state index contributed by atoms with van der Waals surface area (Å²) in [6, 6.07) is 37.1. The Morgan fingerprint density at radius 3 is 2.14 bits per heavy atom. The van der Waals surface area contributed by atoms with Crippen molar-refractivity contribution >= 4 is 41.1 Å². The van der Waals surface area contributed by atoms with E-state index in [0.717, 1.165) is 16.0 Å². The van der Waals surface area contributed by atoms with E-state index >= 15 is 0 Å². The topological polar surface area (TPSA) is 88.2 Å². The molecule has 0 spiro atoms. The van der Waals surface area contributed by atoms with Gasteiger partial charge >= 0.3 is 0 Å². The molecular weight excluding hydrogens is 542 g/mol. The number of nitrogens with one attached hydrogen (secondary N) is 2. The van der Waals surface area contributed by atoms with Crippen LogP contribution in [0.25, 0.3) is 17.2 Å². The van der Waals surface area contributed by atoms with Gasteiger partial charge in [-0.2, -0.15) is 0 Å². The van der Waals surface area contributed by atoms with Crippen LogP contribution in [0.5, 0.6) is 0 Å². The number of anilines is 1. The monoisotopic (exact) mass is 569 g/mol. The van der Waals surface area contributed by atoms with Crippen LogP contribution in [-0.2, 0) is 4.79 Å². The molecule has 4 aromatic carbocycles. The number of carbonyl (C=O) groups excluding carboxylic acids is 3. The van der Waals surface area contributed by atoms with Crippen LogP contribution in [0.2, 0.25) is 0 Å². The van der Waals surface area contributed by atoms with Gasteiger partial charge in [-0.3, -0.25) is 19.4 Å². The zero-order chi connectivity index (χ0) is 29.1. The summed E-state index contributed by atoms with van der Waals surface area (Å²) in [5.74, 6) is -0.624. The summed E-state index contributed by atoms with van der Waals surface area (Å²) in [6.45, 7) is 0. The van der Waals surface area contributed by atoms with E-state index < -0.39 is 11.8 Å². The van der Waals surface area contributed by atoms with Crippen molar-refractivity contribution in [2.45, 2.75) is 4.90 Å². The molecule has 0 atom stereocenters. The van der Waals surface area contributed by atoms with Crippen molar-refractivity contribution in [3.05, 3.63) is 156 Å². The van der Waals surface area contributed by atoms with Crippen LogP contribution in [0, 0.1) is 0 Å². The first-order chi connectivity index (χ1) is 20.5. The highest BCUT2D eigenvalue weighted by Crippen LogP contribution is 2.24. The molecule has 5 rings (SSSR count). The van der Waals surface area contributed by atoms with Gasteiger partial charge in [0.25, 0.3) is 11.8 Å². The summed E-state index contributed by atoms with van der Waals surface area (Å²) in [5.41, 5.74) is 4.50. The minimum Gasteiger partial charge on any atom is -0.321 e. The highest BCUT2D eigenvalue weighted by atomic mass is 32.2. The lowest BCUT2D eigenvalue weighted by Gasteiger charge is -2.12. The Kier molecular flexibility index (Phi) is 9.34. The minimum absolute atomic E-state index is 0.0133. The molecule has 0 unspecified atom stereocenters. The molecule has 6 nitrogen and oxygen atoms in total. The fraction of sp³-hybridized carbons (Fsp3) is 0.0286. The van der Waals surface area contributed by atoms with Gasteiger partial charge in [0.2, 0.25) is 0 Å². The van der Waals surface area contributed by atoms with Crippen LogP contribution in [0.1, 0.15) is 26.3 Å². The number of hydrogen-bond donors (Lipinski definition) is 2. The van der Waals surface area contributed by atoms with Crippen molar-refractivity contribution in [1.29, 1.82) is 0 Å². The molecule has 1 heterocycles. The van der Waals surface area contributed by atoms with Crippen LogP contribution in [0.15, 0.2) is 144 Å². The summed E-state index contributed by atoms with van der Waals surface area (Å²) in [4.78, 5) is 43.9. The molecule has 7 heteroatoms. The molecule has 0 aliphatic carbocycles. The molecule has 2 amide bonds. The Balaban J connectivity index is 1.24. The third-order valence-electron chi connectivity index (χ3n) is 6.30. The van der Waals surface area contributed by atoms with E-state index in [2.05, 4.69) is 15.6 Å². The number of hydrogen-bond acceptors (Lipinski definition) is 5. The Bertz CT molecular complexity index is 1710. The lowest BCUT2D eigenvalue weighted by Crippen LogP contribution is -2.30. The Morgan fingerprint density at radius 2 is 1.43 bits per heavy atom. The van der Waals surface area contributed by atoms with Gasteiger partial charge < -0.3 is 10.6 Å². The highest BCUT2D eigenvalue weighted by molar-refractivity contribution is 8.00. The fourth-order valence-corrected chi connectivity index (χ4v) is 4.99. The summed E-state index contributed by atoms with van der Waals surface area (Å²) < 4.78 is 0. The van der Waals surface area contributed by atoms with E-state index in [-0.39, 0.29) is 17.2 Å². The van der Waals surface area contributed by atoms with Gasteiger partial charge in [-0.1, -0.05) is 84.9 Å². The van der Waals surface area contributed by atoms with Crippen LogP contribution in [-0.4, -0.2) is 28.3 Å². The molecule has 0 aliphatic heterocycles. The standard InChI is InChI=1S/C35H27N3O3S/c39-33(28-18-16-27(17-19-28)26-10-3-1-4-11-26)24-42-31-15-7-14-30(22-31)37-35(41)32(21-25-9-8-20-36-23-25)38-34(40)29-12-5-2-6-13-29/h1-23H,24H2,(H,37,41)(H,38,40)/b32-21-. The van der Waals surface area contributed by atoms with Crippen molar-refractivity contribution in [3.8, 4) is 11.1 Å². The second kappa shape index (κ2) is 13.9. The number of benzene rings is 4. The minimum atomic E-state index is -0.486. The van der Waals surface area contributed by atoms with Gasteiger partial charge in [-0.15, -0.1) is 11.8 Å². The van der Waals surface area contributed by atoms with E-state index in [4.69, 9.17) is 0 Å². The third kappa shape index (κ3) is 7.68. The number of rotatable bonds is 10. The number of thioether (sulfide) groups is 1. The van der Waals surface area contributed by atoms with Crippen molar-refractivity contribution in [1.82, 2.24) is 10.3 Å². The first kappa shape index (κ1) is 28.3. The molecular formula is C35H27N3O3S. The molecule has 0 bridgehead atoms. The molecule has 0 saturated carbocycles. The molecule has 42 heavy (non-hydrogen) atoms. The zero-order valence-electron chi connectivity index (χ0n) is 22.6. The molecule has 0 radical (unpaired) electrons. The normalized spacial score (nSPS) is 11.0. The zero-order valence-corrected chi connectivity index (χ0v) is 23.4. The third-order valence-corrected chi connectivity index (χ3v) is 7.29. The number of pyridine rings is 1. The molecule has 206 valence electrons. The van der Waals surface area contributed by atoms with Crippen molar-refractivity contribution in [2.24, 2.45) is 0 Å². The number of ketones is 1. The summed E-state index contributed by atoms with van der Waals surface area (Å²) in [5, 5.41) is 5.58. The van der Waals surface area contributed by atoms with Gasteiger partial charge in [-0.25, -0.2) is 0 Å². The molecule has 1 aromatic heterocycles. The van der Waals surface area contributed by atoms with Crippen LogP contribution >= 0.6 is 11.8 Å². The predicted molar refractivity (Wildman–Crippen MR) is 168 cm³/mol. The maximum Gasteiger partial charge on any atom is 0.272 e. The van der Waals surface area contributed by atoms with Crippen molar-refractivity contribution in [2.75, 3.05) is 11.1 Å². The summed E-state index contributed by atoms with van der Waals surface area (Å²) >= 11 is 1.39. The predicted octanol–water partition coefficient (Wildman–Crippen LogP) is 7.13. The second-order valence-electron chi connectivity index (χ2n) is 9.30. The smallest absolute Gasteiger partial charge is 0.272 e. The van der Waals surface area contributed by atoms with Gasteiger partial charge in [0.1, 0.15) is 5.70 Å². The Morgan fingerprint density at radius 1 is 0.714 bits per heavy atom. The average Bonchev–Trinajstić information content (AvgIpc) is 3.05. The lowest BCUT2D eigenvalue weighted by molar-refractivity contribution is -0.113. The average molecular weight is 570 g/mol. The van der Waals surface area contributed by atoms with Gasteiger partial charge in [0.05, 0.1) is 5.75 Å². The maximum atomic E-state index is 13.3. The van der Waals surface area contributed by atoms with E-state index in [1.165, 1.54) is 11.8 Å². The van der Waals surface area contributed by atoms with Gasteiger partial charge in [0, 0.05) is 34.1 Å². The van der Waals surface area contributed by atoms with Crippen molar-refractivity contribution < 1.29 is 14.4 Å². The molecule has 5 aromatic rings. The Hall–Kier alpha value is -5.27. The van der Waals surface area contributed by atoms with Crippen LogP contribution in [0.3, 0.4) is 0 Å². The Labute approximate surface area is 248 Å². The number of amides is 2. The SMILES string of the molecule is O=C(Nc1cccc(SCC(=O)c2ccc(-c3ccccc3)cc2)c1)/C(=C/c1cccnc1)NC(=O)c1ccccc1. The number of Topliss-reactive ketones (excluding diaryl/α,β-unsaturated/α-hetero) is 1. The van der Waals surface area contributed by atoms with Crippen LogP contribution < -0.4 is 10.6 Å². The quantitative estimate of drug-likeness (QED) is 0.106. The highest BCUT2D eigenvalue weighted by Gasteiger charge is 2.16. The van der Waals surface area contributed by atoms with E-state index in [9.17, 15) is 14.4 Å².